The van der Waals surface area contributed by atoms with Crippen LogP contribution in [0.15, 0.2) is 14.7 Å². The molecule has 0 saturated heterocycles. The molecule has 1 amide bonds. The number of hydrogen-bond donors (Lipinski definition) is 2. The van der Waals surface area contributed by atoms with Crippen LogP contribution in [0.5, 0.6) is 0 Å². The van der Waals surface area contributed by atoms with Gasteiger partial charge in [-0.15, -0.1) is 11.3 Å². The molecule has 0 atom stereocenters. The van der Waals surface area contributed by atoms with Gasteiger partial charge in [0.25, 0.3) is 5.91 Å². The quantitative estimate of drug-likeness (QED) is 0.853. The Balaban J connectivity index is 3.09. The van der Waals surface area contributed by atoms with Gasteiger partial charge in [0, 0.05) is 13.1 Å². The first kappa shape index (κ1) is 14.6. The van der Waals surface area contributed by atoms with Crippen LogP contribution < -0.4 is 10.0 Å². The Hall–Kier alpha value is -0.440. The molecular weight excluding hydrogens is 328 g/mol. The molecule has 1 aromatic heterocycles. The van der Waals surface area contributed by atoms with Crippen LogP contribution in [0.3, 0.4) is 0 Å². The molecule has 1 rings (SSSR count). The van der Waals surface area contributed by atoms with Crippen LogP contribution in [-0.4, -0.2) is 27.4 Å². The Morgan fingerprint density at radius 3 is 2.59 bits per heavy atom. The second kappa shape index (κ2) is 5.94. The molecule has 0 aromatic carbocycles. The Kier molecular flexibility index (Phi) is 5.11. The molecule has 0 fully saturated rings. The van der Waals surface area contributed by atoms with E-state index in [0.29, 0.717) is 21.8 Å². The monoisotopic (exact) mass is 340 g/mol. The van der Waals surface area contributed by atoms with Gasteiger partial charge in [-0.3, -0.25) is 4.79 Å². The van der Waals surface area contributed by atoms with Crippen LogP contribution in [0, 0.1) is 0 Å². The first-order chi connectivity index (χ1) is 7.92. The van der Waals surface area contributed by atoms with Crippen molar-refractivity contribution >= 4 is 43.2 Å². The van der Waals surface area contributed by atoms with Crippen LogP contribution >= 0.6 is 27.3 Å². The van der Waals surface area contributed by atoms with Crippen molar-refractivity contribution < 1.29 is 13.2 Å². The molecule has 0 unspecified atom stereocenters. The SMILES string of the molecule is CCNC(=O)c1cc(S(=O)(=O)NCC)c(Br)s1. The average Bonchev–Trinajstić information content (AvgIpc) is 2.61. The molecular formula is C9H13BrN2O3S2. The van der Waals surface area contributed by atoms with Crippen LogP contribution in [0.2, 0.25) is 0 Å². The second-order valence-electron chi connectivity index (χ2n) is 3.11. The average molecular weight is 341 g/mol. The van der Waals surface area contributed by atoms with Crippen molar-refractivity contribution in [1.29, 1.82) is 0 Å². The minimum absolute atomic E-state index is 0.102. The van der Waals surface area contributed by atoms with Gasteiger partial charge >= 0.3 is 0 Å². The van der Waals surface area contributed by atoms with Crippen LogP contribution in [0.1, 0.15) is 23.5 Å². The van der Waals surface area contributed by atoms with Crippen molar-refractivity contribution in [3.8, 4) is 0 Å². The number of nitrogens with one attached hydrogen (secondary N) is 2. The number of sulfonamides is 1. The Morgan fingerprint density at radius 1 is 1.41 bits per heavy atom. The van der Waals surface area contributed by atoms with E-state index in [1.165, 1.54) is 6.07 Å². The predicted octanol–water partition coefficient (Wildman–Crippen LogP) is 1.56. The summed E-state index contributed by atoms with van der Waals surface area (Å²) in [6.07, 6.45) is 0. The van der Waals surface area contributed by atoms with Crippen molar-refractivity contribution in [2.75, 3.05) is 13.1 Å². The van der Waals surface area contributed by atoms with E-state index in [-0.39, 0.29) is 10.8 Å². The minimum atomic E-state index is -3.54. The van der Waals surface area contributed by atoms with Crippen molar-refractivity contribution in [1.82, 2.24) is 10.0 Å². The lowest BCUT2D eigenvalue weighted by Crippen LogP contribution is -2.23. The third kappa shape index (κ3) is 3.51. The zero-order valence-electron chi connectivity index (χ0n) is 9.41. The summed E-state index contributed by atoms with van der Waals surface area (Å²) in [7, 11) is -3.54. The van der Waals surface area contributed by atoms with Gasteiger partial charge in [-0.05, 0) is 28.9 Å². The number of thiophene rings is 1. The van der Waals surface area contributed by atoms with E-state index in [1.54, 1.807) is 13.8 Å². The predicted molar refractivity (Wildman–Crippen MR) is 70.9 cm³/mol. The molecule has 1 heterocycles. The highest BCUT2D eigenvalue weighted by Gasteiger charge is 2.22. The molecule has 1 aromatic rings. The van der Waals surface area contributed by atoms with Gasteiger partial charge in [0.05, 0.1) is 8.66 Å². The van der Waals surface area contributed by atoms with Gasteiger partial charge in [-0.25, -0.2) is 13.1 Å². The molecule has 0 radical (unpaired) electrons. The summed E-state index contributed by atoms with van der Waals surface area (Å²) in [5.74, 6) is -0.267. The van der Waals surface area contributed by atoms with E-state index >= 15 is 0 Å². The maximum absolute atomic E-state index is 11.8. The van der Waals surface area contributed by atoms with Crippen LogP contribution in [-0.2, 0) is 10.0 Å². The molecule has 0 aliphatic rings. The summed E-state index contributed by atoms with van der Waals surface area (Å²) in [4.78, 5) is 12.0. The first-order valence-electron chi connectivity index (χ1n) is 4.99. The van der Waals surface area contributed by atoms with Gasteiger partial charge in [0.1, 0.15) is 4.90 Å². The van der Waals surface area contributed by atoms with E-state index in [0.717, 1.165) is 11.3 Å². The van der Waals surface area contributed by atoms with Crippen LogP contribution in [0.25, 0.3) is 0 Å². The van der Waals surface area contributed by atoms with Crippen molar-refractivity contribution in [2.45, 2.75) is 18.7 Å². The van der Waals surface area contributed by atoms with Crippen molar-refractivity contribution in [3.63, 3.8) is 0 Å². The van der Waals surface area contributed by atoms with Crippen molar-refractivity contribution in [3.05, 3.63) is 14.7 Å². The number of carbonyl (C=O) groups is 1. The standard InChI is InChI=1S/C9H13BrN2O3S2/c1-3-11-9(13)6-5-7(8(10)16-6)17(14,15)12-4-2/h5,12H,3-4H2,1-2H3,(H,11,13). The van der Waals surface area contributed by atoms with Gasteiger partial charge < -0.3 is 5.32 Å². The summed E-state index contributed by atoms with van der Waals surface area (Å²) in [6.45, 7) is 4.31. The van der Waals surface area contributed by atoms with Crippen molar-refractivity contribution in [2.24, 2.45) is 0 Å². The maximum atomic E-state index is 11.8. The van der Waals surface area contributed by atoms with Gasteiger partial charge in [-0.1, -0.05) is 6.92 Å². The first-order valence-corrected chi connectivity index (χ1v) is 8.08. The molecule has 5 nitrogen and oxygen atoms in total. The van der Waals surface area contributed by atoms with E-state index in [1.807, 2.05) is 0 Å². The zero-order valence-corrected chi connectivity index (χ0v) is 12.6. The summed E-state index contributed by atoms with van der Waals surface area (Å²) >= 11 is 4.26. The molecule has 0 saturated carbocycles. The summed E-state index contributed by atoms with van der Waals surface area (Å²) in [6, 6.07) is 1.37. The molecule has 2 N–H and O–H groups in total. The Morgan fingerprint density at radius 2 is 2.06 bits per heavy atom. The number of rotatable bonds is 5. The lowest BCUT2D eigenvalue weighted by molar-refractivity contribution is 0.0959. The smallest absolute Gasteiger partial charge is 0.261 e. The Labute approximate surface area is 113 Å². The highest BCUT2D eigenvalue weighted by Crippen LogP contribution is 2.31. The molecule has 0 aliphatic heterocycles. The summed E-state index contributed by atoms with van der Waals surface area (Å²) in [5, 5.41) is 2.62. The zero-order chi connectivity index (χ0) is 13.1. The van der Waals surface area contributed by atoms with E-state index < -0.39 is 10.0 Å². The lowest BCUT2D eigenvalue weighted by Gasteiger charge is -2.01. The normalized spacial score (nSPS) is 11.5. The molecule has 0 spiro atoms. The van der Waals surface area contributed by atoms with Gasteiger partial charge in [0.2, 0.25) is 10.0 Å². The van der Waals surface area contributed by atoms with E-state index in [4.69, 9.17) is 0 Å². The maximum Gasteiger partial charge on any atom is 0.261 e. The number of amides is 1. The third-order valence-corrected chi connectivity index (χ3v) is 5.64. The highest BCUT2D eigenvalue weighted by atomic mass is 79.9. The molecule has 0 bridgehead atoms. The fourth-order valence-corrected chi connectivity index (χ4v) is 4.68. The fraction of sp³-hybridized carbons (Fsp3) is 0.444. The third-order valence-electron chi connectivity index (χ3n) is 1.84. The molecule has 96 valence electrons. The number of carbonyl (C=O) groups excluding carboxylic acids is 1. The topological polar surface area (TPSA) is 75.3 Å². The van der Waals surface area contributed by atoms with E-state index in [9.17, 15) is 13.2 Å². The highest BCUT2D eigenvalue weighted by molar-refractivity contribution is 9.11. The van der Waals surface area contributed by atoms with Gasteiger partial charge in [-0.2, -0.15) is 0 Å². The summed E-state index contributed by atoms with van der Waals surface area (Å²) < 4.78 is 26.4. The Bertz CT molecular complexity index is 510. The van der Waals surface area contributed by atoms with Crippen LogP contribution in [0.4, 0.5) is 0 Å². The second-order valence-corrected chi connectivity index (χ2v) is 7.21. The van der Waals surface area contributed by atoms with Gasteiger partial charge in [0.15, 0.2) is 0 Å². The fourth-order valence-electron chi connectivity index (χ4n) is 1.16. The largest absolute Gasteiger partial charge is 0.352 e. The minimum Gasteiger partial charge on any atom is -0.352 e. The number of hydrogen-bond acceptors (Lipinski definition) is 4. The summed E-state index contributed by atoms with van der Waals surface area (Å²) in [5.41, 5.74) is 0. The number of halogens is 1. The molecule has 0 aliphatic carbocycles. The van der Waals surface area contributed by atoms with E-state index in [2.05, 4.69) is 26.0 Å². The molecule has 17 heavy (non-hydrogen) atoms. The molecule has 8 heteroatoms. The lowest BCUT2D eigenvalue weighted by atomic mass is 10.4.